The van der Waals surface area contributed by atoms with E-state index in [1.54, 1.807) is 6.08 Å². The van der Waals surface area contributed by atoms with E-state index in [2.05, 4.69) is 11.1 Å². The van der Waals surface area contributed by atoms with Crippen LogP contribution in [0.25, 0.3) is 0 Å². The Bertz CT molecular complexity index is 425. The summed E-state index contributed by atoms with van der Waals surface area (Å²) in [4.78, 5) is 18.0. The number of carbonyl (C=O) groups is 1. The minimum Gasteiger partial charge on any atom is -0.339 e. The molecule has 0 N–H and O–H groups in total. The number of likely N-dealkylation sites (tertiary alicyclic amines) is 1. The predicted molar refractivity (Wildman–Crippen MR) is 79.1 cm³/mol. The monoisotopic (exact) mass is 276 g/mol. The van der Waals surface area contributed by atoms with Crippen molar-refractivity contribution >= 4 is 17.7 Å². The molecule has 0 spiro atoms. The van der Waals surface area contributed by atoms with E-state index in [1.807, 2.05) is 48.0 Å². The van der Waals surface area contributed by atoms with Gasteiger partial charge in [-0.15, -0.1) is 11.8 Å². The highest BCUT2D eigenvalue weighted by molar-refractivity contribution is 7.99. The molecule has 1 amide bonds. The van der Waals surface area contributed by atoms with E-state index >= 15 is 0 Å². The summed E-state index contributed by atoms with van der Waals surface area (Å²) in [6.45, 7) is 3.65. The largest absolute Gasteiger partial charge is 0.339 e. The molecule has 3 nitrogen and oxygen atoms in total. The zero-order valence-electron chi connectivity index (χ0n) is 11.3. The quantitative estimate of drug-likeness (QED) is 0.626. The zero-order chi connectivity index (χ0) is 13.5. The van der Waals surface area contributed by atoms with Crippen molar-refractivity contribution in [1.82, 2.24) is 9.88 Å². The van der Waals surface area contributed by atoms with Gasteiger partial charge in [-0.25, -0.2) is 4.98 Å². The standard InChI is InChI=1S/C15H20N2OS/c1-2-5-15(18)17-10-7-13(8-11-17)12-19-14-6-3-4-9-16-14/h2-6,9,13H,7-8,10-12H2,1H3. The molecule has 0 unspecified atom stereocenters. The Hall–Kier alpha value is -1.29. The van der Waals surface area contributed by atoms with Gasteiger partial charge in [0.15, 0.2) is 0 Å². The first-order valence-electron chi connectivity index (χ1n) is 6.75. The van der Waals surface area contributed by atoms with Crippen LogP contribution in [0.4, 0.5) is 0 Å². The van der Waals surface area contributed by atoms with Gasteiger partial charge in [0, 0.05) is 25.0 Å². The predicted octanol–water partition coefficient (Wildman–Crippen LogP) is 2.99. The molecular weight excluding hydrogens is 256 g/mol. The van der Waals surface area contributed by atoms with Crippen LogP contribution in [0, 0.1) is 5.92 Å². The van der Waals surface area contributed by atoms with Crippen molar-refractivity contribution in [2.75, 3.05) is 18.8 Å². The Labute approximate surface area is 119 Å². The molecular formula is C15H20N2OS. The van der Waals surface area contributed by atoms with Crippen molar-refractivity contribution in [3.63, 3.8) is 0 Å². The third-order valence-corrected chi connectivity index (χ3v) is 4.52. The number of nitrogens with zero attached hydrogens (tertiary/aromatic N) is 2. The summed E-state index contributed by atoms with van der Waals surface area (Å²) in [5.74, 6) is 1.95. The first kappa shape index (κ1) is 14.1. The van der Waals surface area contributed by atoms with Gasteiger partial charge in [-0.05, 0) is 43.9 Å². The van der Waals surface area contributed by atoms with Crippen LogP contribution >= 0.6 is 11.8 Å². The summed E-state index contributed by atoms with van der Waals surface area (Å²) >= 11 is 1.82. The Kier molecular flexibility index (Phi) is 5.45. The molecule has 1 aromatic rings. The Balaban J connectivity index is 1.73. The normalized spacial score (nSPS) is 17.0. The second kappa shape index (κ2) is 7.34. The van der Waals surface area contributed by atoms with Crippen LogP contribution in [0.5, 0.6) is 0 Å². The molecule has 0 saturated carbocycles. The van der Waals surface area contributed by atoms with E-state index in [1.165, 1.54) is 0 Å². The number of amides is 1. The van der Waals surface area contributed by atoms with E-state index in [0.717, 1.165) is 36.7 Å². The summed E-state index contributed by atoms with van der Waals surface area (Å²) in [6.07, 6.45) is 7.50. The number of allylic oxidation sites excluding steroid dienone is 1. The molecule has 0 bridgehead atoms. The number of hydrogen-bond acceptors (Lipinski definition) is 3. The van der Waals surface area contributed by atoms with Gasteiger partial charge in [0.25, 0.3) is 0 Å². The van der Waals surface area contributed by atoms with Crippen molar-refractivity contribution < 1.29 is 4.79 Å². The topological polar surface area (TPSA) is 33.2 Å². The minimum absolute atomic E-state index is 0.151. The fourth-order valence-electron chi connectivity index (χ4n) is 2.20. The molecule has 1 saturated heterocycles. The van der Waals surface area contributed by atoms with Crippen molar-refractivity contribution in [1.29, 1.82) is 0 Å². The van der Waals surface area contributed by atoms with Crippen LogP contribution in [0.2, 0.25) is 0 Å². The van der Waals surface area contributed by atoms with Crippen molar-refractivity contribution in [2.45, 2.75) is 24.8 Å². The van der Waals surface area contributed by atoms with Crippen LogP contribution in [0.15, 0.2) is 41.6 Å². The summed E-state index contributed by atoms with van der Waals surface area (Å²) in [5.41, 5.74) is 0. The fourth-order valence-corrected chi connectivity index (χ4v) is 3.25. The molecule has 0 radical (unpaired) electrons. The molecule has 2 rings (SSSR count). The summed E-state index contributed by atoms with van der Waals surface area (Å²) in [7, 11) is 0. The number of carbonyl (C=O) groups excluding carboxylic acids is 1. The SMILES string of the molecule is CC=CC(=O)N1CCC(CSc2ccccn2)CC1. The lowest BCUT2D eigenvalue weighted by Gasteiger charge is -2.31. The zero-order valence-corrected chi connectivity index (χ0v) is 12.1. The second-order valence-electron chi connectivity index (χ2n) is 4.75. The molecule has 1 aliphatic rings. The van der Waals surface area contributed by atoms with Gasteiger partial charge in [-0.2, -0.15) is 0 Å². The average molecular weight is 276 g/mol. The van der Waals surface area contributed by atoms with Crippen molar-refractivity contribution in [2.24, 2.45) is 5.92 Å². The molecule has 102 valence electrons. The fraction of sp³-hybridized carbons (Fsp3) is 0.467. The lowest BCUT2D eigenvalue weighted by atomic mass is 9.99. The molecule has 2 heterocycles. The van der Waals surface area contributed by atoms with E-state index in [4.69, 9.17) is 0 Å². The molecule has 19 heavy (non-hydrogen) atoms. The maximum absolute atomic E-state index is 11.7. The highest BCUT2D eigenvalue weighted by Crippen LogP contribution is 2.25. The summed E-state index contributed by atoms with van der Waals surface area (Å²) in [6, 6.07) is 6.01. The smallest absolute Gasteiger partial charge is 0.246 e. The van der Waals surface area contributed by atoms with E-state index in [-0.39, 0.29) is 5.91 Å². The minimum atomic E-state index is 0.151. The summed E-state index contributed by atoms with van der Waals surface area (Å²) in [5, 5.41) is 1.09. The van der Waals surface area contributed by atoms with Crippen molar-refractivity contribution in [3.05, 3.63) is 36.5 Å². The van der Waals surface area contributed by atoms with Gasteiger partial charge in [0.1, 0.15) is 0 Å². The maximum atomic E-state index is 11.7. The summed E-state index contributed by atoms with van der Waals surface area (Å²) < 4.78 is 0. The Morgan fingerprint density at radius 2 is 2.26 bits per heavy atom. The van der Waals surface area contributed by atoms with Crippen molar-refractivity contribution in [3.8, 4) is 0 Å². The van der Waals surface area contributed by atoms with Gasteiger partial charge in [0.2, 0.25) is 5.91 Å². The molecule has 0 aromatic carbocycles. The lowest BCUT2D eigenvalue weighted by Crippen LogP contribution is -2.38. The number of aromatic nitrogens is 1. The highest BCUT2D eigenvalue weighted by atomic mass is 32.2. The van der Waals surface area contributed by atoms with Crippen LogP contribution in [-0.4, -0.2) is 34.6 Å². The number of rotatable bonds is 4. The van der Waals surface area contributed by atoms with E-state index in [0.29, 0.717) is 5.92 Å². The van der Waals surface area contributed by atoms with Gasteiger partial charge in [-0.1, -0.05) is 12.1 Å². The lowest BCUT2D eigenvalue weighted by molar-refractivity contribution is -0.127. The highest BCUT2D eigenvalue weighted by Gasteiger charge is 2.21. The number of piperidine rings is 1. The molecule has 1 aromatic heterocycles. The third kappa shape index (κ3) is 4.39. The molecule has 0 atom stereocenters. The van der Waals surface area contributed by atoms with E-state index < -0.39 is 0 Å². The van der Waals surface area contributed by atoms with Crippen LogP contribution in [0.1, 0.15) is 19.8 Å². The number of thioether (sulfide) groups is 1. The van der Waals surface area contributed by atoms with Crippen LogP contribution in [0.3, 0.4) is 0 Å². The first-order chi connectivity index (χ1) is 9.29. The first-order valence-corrected chi connectivity index (χ1v) is 7.73. The Morgan fingerprint density at radius 1 is 1.47 bits per heavy atom. The molecule has 4 heteroatoms. The molecule has 0 aliphatic carbocycles. The second-order valence-corrected chi connectivity index (χ2v) is 5.79. The van der Waals surface area contributed by atoms with Gasteiger partial charge < -0.3 is 4.90 Å². The molecule has 1 fully saturated rings. The maximum Gasteiger partial charge on any atom is 0.246 e. The van der Waals surface area contributed by atoms with E-state index in [9.17, 15) is 4.79 Å². The van der Waals surface area contributed by atoms with Gasteiger partial charge in [-0.3, -0.25) is 4.79 Å². The van der Waals surface area contributed by atoms with Crippen LogP contribution < -0.4 is 0 Å². The Morgan fingerprint density at radius 3 is 2.89 bits per heavy atom. The average Bonchev–Trinajstić information content (AvgIpc) is 2.47. The third-order valence-electron chi connectivity index (χ3n) is 3.34. The van der Waals surface area contributed by atoms with Gasteiger partial charge in [0.05, 0.1) is 5.03 Å². The van der Waals surface area contributed by atoms with Gasteiger partial charge >= 0.3 is 0 Å². The number of hydrogen-bond donors (Lipinski definition) is 0. The molecule has 1 aliphatic heterocycles. The van der Waals surface area contributed by atoms with Crippen LogP contribution in [-0.2, 0) is 4.79 Å². The number of pyridine rings is 1.